The highest BCUT2D eigenvalue weighted by atomic mass is 16.4. The number of pyridine rings is 1. The lowest BCUT2D eigenvalue weighted by Crippen LogP contribution is -2.30. The van der Waals surface area contributed by atoms with E-state index in [2.05, 4.69) is 22.5 Å². The number of nitrogens with zero attached hydrogens (tertiary/aromatic N) is 1. The van der Waals surface area contributed by atoms with E-state index in [1.807, 2.05) is 24.3 Å². The molecule has 2 N–H and O–H groups in total. The zero-order chi connectivity index (χ0) is 15.1. The third kappa shape index (κ3) is 1.91. The van der Waals surface area contributed by atoms with E-state index in [1.165, 1.54) is 0 Å². The summed E-state index contributed by atoms with van der Waals surface area (Å²) in [6, 6.07) is 9.64. The second kappa shape index (κ2) is 4.98. The summed E-state index contributed by atoms with van der Waals surface area (Å²) >= 11 is 0. The largest absolute Gasteiger partial charge is 0.478 e. The number of carboxylic acid groups (broad SMARTS) is 1. The van der Waals surface area contributed by atoms with E-state index >= 15 is 0 Å². The van der Waals surface area contributed by atoms with Gasteiger partial charge in [0.25, 0.3) is 0 Å². The second-order valence-corrected chi connectivity index (χ2v) is 5.83. The minimum absolute atomic E-state index is 0.107. The number of allylic oxidation sites excluding steroid dienone is 2. The number of rotatable bonds is 2. The van der Waals surface area contributed by atoms with Gasteiger partial charge in [0, 0.05) is 18.3 Å². The molecule has 0 amide bonds. The zero-order valence-electron chi connectivity index (χ0n) is 11.9. The Hall–Kier alpha value is -2.62. The van der Waals surface area contributed by atoms with E-state index in [0.29, 0.717) is 11.5 Å². The molecule has 2 heterocycles. The number of aromatic carboxylic acids is 1. The fourth-order valence-electron chi connectivity index (χ4n) is 3.70. The van der Waals surface area contributed by atoms with Gasteiger partial charge in [0.2, 0.25) is 0 Å². The normalized spacial score (nSPS) is 25.2. The van der Waals surface area contributed by atoms with Crippen LogP contribution in [0.3, 0.4) is 0 Å². The van der Waals surface area contributed by atoms with Crippen molar-refractivity contribution in [1.82, 2.24) is 4.98 Å². The molecule has 2 aliphatic rings. The van der Waals surface area contributed by atoms with Gasteiger partial charge in [-0.05, 0) is 41.7 Å². The lowest BCUT2D eigenvalue weighted by molar-refractivity contribution is 0.0697. The van der Waals surface area contributed by atoms with Gasteiger partial charge in [-0.15, -0.1) is 0 Å². The van der Waals surface area contributed by atoms with Crippen LogP contribution in [0, 0.1) is 5.92 Å². The summed E-state index contributed by atoms with van der Waals surface area (Å²) in [7, 11) is 0. The van der Waals surface area contributed by atoms with Crippen LogP contribution in [0.5, 0.6) is 0 Å². The van der Waals surface area contributed by atoms with E-state index < -0.39 is 5.97 Å². The predicted molar refractivity (Wildman–Crippen MR) is 84.0 cm³/mol. The molecule has 3 atom stereocenters. The quantitative estimate of drug-likeness (QED) is 0.830. The van der Waals surface area contributed by atoms with Gasteiger partial charge < -0.3 is 10.4 Å². The van der Waals surface area contributed by atoms with Gasteiger partial charge in [-0.25, -0.2) is 4.79 Å². The molecule has 110 valence electrons. The molecule has 1 aromatic carbocycles. The number of carboxylic acids is 1. The molecule has 4 heteroatoms. The summed E-state index contributed by atoms with van der Waals surface area (Å²) in [5, 5.41) is 13.0. The molecule has 4 nitrogen and oxygen atoms in total. The Morgan fingerprint density at radius 3 is 2.82 bits per heavy atom. The number of anilines is 1. The molecule has 2 aromatic rings. The van der Waals surface area contributed by atoms with Crippen molar-refractivity contribution in [2.45, 2.75) is 18.4 Å². The fraction of sp³-hybridized carbons (Fsp3) is 0.222. The molecule has 4 rings (SSSR count). The highest BCUT2D eigenvalue weighted by Crippen LogP contribution is 2.50. The first-order valence-electron chi connectivity index (χ1n) is 7.45. The molecule has 0 spiro atoms. The Kier molecular flexibility index (Phi) is 2.96. The van der Waals surface area contributed by atoms with E-state index in [9.17, 15) is 9.90 Å². The summed E-state index contributed by atoms with van der Waals surface area (Å²) in [6.45, 7) is 0. The Bertz CT molecular complexity index is 755. The van der Waals surface area contributed by atoms with Crippen molar-refractivity contribution in [3.05, 3.63) is 71.6 Å². The van der Waals surface area contributed by atoms with Crippen LogP contribution in [0.4, 0.5) is 5.69 Å². The summed E-state index contributed by atoms with van der Waals surface area (Å²) in [6.07, 6.45) is 8.99. The molecule has 0 saturated carbocycles. The molecule has 0 fully saturated rings. The van der Waals surface area contributed by atoms with Crippen LogP contribution < -0.4 is 5.32 Å². The van der Waals surface area contributed by atoms with E-state index in [1.54, 1.807) is 18.5 Å². The lowest BCUT2D eigenvalue weighted by Gasteiger charge is -2.38. The fourth-order valence-corrected chi connectivity index (χ4v) is 3.70. The van der Waals surface area contributed by atoms with Crippen LogP contribution >= 0.6 is 0 Å². The van der Waals surface area contributed by atoms with Crippen LogP contribution in [0.2, 0.25) is 0 Å². The van der Waals surface area contributed by atoms with Crippen molar-refractivity contribution in [2.75, 3.05) is 5.32 Å². The highest BCUT2D eigenvalue weighted by Gasteiger charge is 2.39. The smallest absolute Gasteiger partial charge is 0.337 e. The number of para-hydroxylation sites is 1. The Labute approximate surface area is 128 Å². The number of benzene rings is 1. The van der Waals surface area contributed by atoms with E-state index in [4.69, 9.17) is 0 Å². The molecule has 22 heavy (non-hydrogen) atoms. The van der Waals surface area contributed by atoms with Gasteiger partial charge in [0.1, 0.15) is 0 Å². The van der Waals surface area contributed by atoms with Gasteiger partial charge in [-0.1, -0.05) is 24.3 Å². The molecule has 1 aliphatic carbocycles. The third-order valence-corrected chi connectivity index (χ3v) is 4.69. The minimum atomic E-state index is -0.891. The number of hydrogen-bond donors (Lipinski definition) is 2. The predicted octanol–water partition coefficient (Wildman–Crippen LogP) is 3.61. The lowest BCUT2D eigenvalue weighted by atomic mass is 9.76. The third-order valence-electron chi connectivity index (χ3n) is 4.69. The average Bonchev–Trinajstić information content (AvgIpc) is 3.04. The molecular weight excluding hydrogens is 276 g/mol. The van der Waals surface area contributed by atoms with Crippen molar-refractivity contribution >= 4 is 11.7 Å². The number of aromatic nitrogens is 1. The number of fused-ring (bicyclic) bond motifs is 3. The van der Waals surface area contributed by atoms with Crippen LogP contribution in [0.15, 0.2) is 54.9 Å². The maximum atomic E-state index is 11.5. The molecular formula is C18H16N2O2. The second-order valence-electron chi connectivity index (χ2n) is 5.83. The standard InChI is InChI=1S/C18H16N2O2/c21-18(22)15-6-2-5-14-12-3-1-4-13(12)16(20-17(14)15)11-7-9-19-10-8-11/h1-3,5-10,12-13,16,20H,4H2,(H,21,22). The van der Waals surface area contributed by atoms with Crippen molar-refractivity contribution in [1.29, 1.82) is 0 Å². The van der Waals surface area contributed by atoms with Crippen molar-refractivity contribution in [2.24, 2.45) is 5.92 Å². The van der Waals surface area contributed by atoms with E-state index in [-0.39, 0.29) is 12.0 Å². The highest BCUT2D eigenvalue weighted by molar-refractivity contribution is 5.95. The first-order valence-corrected chi connectivity index (χ1v) is 7.45. The maximum Gasteiger partial charge on any atom is 0.337 e. The van der Waals surface area contributed by atoms with Crippen molar-refractivity contribution in [3.8, 4) is 0 Å². The van der Waals surface area contributed by atoms with Crippen LogP contribution in [0.25, 0.3) is 0 Å². The Balaban J connectivity index is 1.85. The minimum Gasteiger partial charge on any atom is -0.478 e. The summed E-state index contributed by atoms with van der Waals surface area (Å²) < 4.78 is 0. The van der Waals surface area contributed by atoms with Gasteiger partial charge in [0.15, 0.2) is 0 Å². The summed E-state index contributed by atoms with van der Waals surface area (Å²) in [5.74, 6) is -0.203. The Morgan fingerprint density at radius 1 is 1.23 bits per heavy atom. The number of carbonyl (C=O) groups is 1. The molecule has 0 bridgehead atoms. The van der Waals surface area contributed by atoms with Gasteiger partial charge in [-0.3, -0.25) is 4.98 Å². The molecule has 1 aliphatic heterocycles. The van der Waals surface area contributed by atoms with Crippen LogP contribution in [0.1, 0.15) is 39.9 Å². The van der Waals surface area contributed by atoms with Crippen LogP contribution in [-0.2, 0) is 0 Å². The number of nitrogens with one attached hydrogen (secondary N) is 1. The maximum absolute atomic E-state index is 11.5. The molecule has 0 saturated heterocycles. The van der Waals surface area contributed by atoms with Crippen molar-refractivity contribution in [3.63, 3.8) is 0 Å². The first-order chi connectivity index (χ1) is 10.8. The first kappa shape index (κ1) is 13.1. The monoisotopic (exact) mass is 292 g/mol. The molecule has 1 aromatic heterocycles. The molecule has 3 unspecified atom stereocenters. The van der Waals surface area contributed by atoms with Gasteiger partial charge >= 0.3 is 5.97 Å². The van der Waals surface area contributed by atoms with E-state index in [0.717, 1.165) is 23.2 Å². The number of hydrogen-bond acceptors (Lipinski definition) is 3. The van der Waals surface area contributed by atoms with Gasteiger partial charge in [0.05, 0.1) is 17.3 Å². The summed E-state index contributed by atoms with van der Waals surface area (Å²) in [5.41, 5.74) is 3.34. The average molecular weight is 292 g/mol. The van der Waals surface area contributed by atoms with Gasteiger partial charge in [-0.2, -0.15) is 0 Å². The van der Waals surface area contributed by atoms with Crippen molar-refractivity contribution < 1.29 is 9.90 Å². The van der Waals surface area contributed by atoms with Crippen LogP contribution in [-0.4, -0.2) is 16.1 Å². The summed E-state index contributed by atoms with van der Waals surface area (Å²) in [4.78, 5) is 15.6. The molecule has 0 radical (unpaired) electrons. The SMILES string of the molecule is O=C(O)c1cccc2c1NC(c1ccncc1)C1CC=CC21. The Morgan fingerprint density at radius 2 is 2.05 bits per heavy atom. The zero-order valence-corrected chi connectivity index (χ0v) is 11.9. The topological polar surface area (TPSA) is 62.2 Å².